The molecule has 0 saturated carbocycles. The van der Waals surface area contributed by atoms with E-state index in [-0.39, 0.29) is 18.4 Å². The Kier molecular flexibility index (Phi) is 3.45. The maximum Gasteiger partial charge on any atom is 0.407 e. The molecule has 1 aliphatic heterocycles. The van der Waals surface area contributed by atoms with Crippen molar-refractivity contribution in [3.8, 4) is 0 Å². The minimum absolute atomic E-state index is 0.0315. The average Bonchev–Trinajstić information content (AvgIpc) is 2.89. The van der Waals surface area contributed by atoms with Gasteiger partial charge in [-0.15, -0.1) is 5.10 Å². The lowest BCUT2D eigenvalue weighted by molar-refractivity contribution is -0.128. The number of ether oxygens (including phenoxy) is 1. The molecular formula is C10H15N5O3. The van der Waals surface area contributed by atoms with E-state index < -0.39 is 6.09 Å². The van der Waals surface area contributed by atoms with E-state index in [4.69, 9.17) is 4.74 Å². The van der Waals surface area contributed by atoms with Crippen LogP contribution in [-0.4, -0.2) is 58.6 Å². The molecule has 1 aliphatic rings. The third-order valence-electron chi connectivity index (χ3n) is 2.56. The summed E-state index contributed by atoms with van der Waals surface area (Å²) in [6, 6.07) is 0. The number of nitrogens with zero attached hydrogens (tertiary/aromatic N) is 4. The zero-order valence-corrected chi connectivity index (χ0v) is 10.3. The molecule has 8 heteroatoms. The topological polar surface area (TPSA) is 89.4 Å². The molecule has 1 N–H and O–H groups in total. The smallest absolute Gasteiger partial charge is 0.407 e. The highest BCUT2D eigenvalue weighted by Crippen LogP contribution is 2.04. The summed E-state index contributed by atoms with van der Waals surface area (Å²) >= 11 is 0. The Morgan fingerprint density at radius 2 is 2.44 bits per heavy atom. The van der Waals surface area contributed by atoms with Crippen LogP contribution in [0.3, 0.4) is 0 Å². The zero-order chi connectivity index (χ0) is 13.1. The number of alkyl carbamates (subject to hydrolysis) is 1. The monoisotopic (exact) mass is 253 g/mol. The lowest BCUT2D eigenvalue weighted by atomic mass is 10.3. The maximum absolute atomic E-state index is 11.5. The van der Waals surface area contributed by atoms with Gasteiger partial charge in [-0.1, -0.05) is 5.21 Å². The summed E-state index contributed by atoms with van der Waals surface area (Å²) in [4.78, 5) is 23.8. The number of cyclic esters (lactones) is 1. The summed E-state index contributed by atoms with van der Waals surface area (Å²) < 4.78 is 6.55. The third-order valence-corrected chi connectivity index (χ3v) is 2.56. The van der Waals surface area contributed by atoms with Crippen molar-refractivity contribution >= 4 is 12.0 Å². The Balaban J connectivity index is 1.90. The third kappa shape index (κ3) is 2.96. The number of aromatic nitrogens is 3. The van der Waals surface area contributed by atoms with Gasteiger partial charge in [0.05, 0.1) is 25.2 Å². The second-order valence-electron chi connectivity index (χ2n) is 4.31. The summed E-state index contributed by atoms with van der Waals surface area (Å²) in [7, 11) is 3.38. The van der Waals surface area contributed by atoms with Crippen LogP contribution in [-0.2, 0) is 22.5 Å². The van der Waals surface area contributed by atoms with Crippen LogP contribution in [0.25, 0.3) is 0 Å². The van der Waals surface area contributed by atoms with Gasteiger partial charge in [-0.05, 0) is 0 Å². The summed E-state index contributed by atoms with van der Waals surface area (Å²) in [5.41, 5.74) is 0.603. The molecule has 1 aromatic rings. The fourth-order valence-corrected chi connectivity index (χ4v) is 1.56. The number of hydrogen-bond donors (Lipinski definition) is 1. The maximum atomic E-state index is 11.5. The molecule has 0 spiro atoms. The van der Waals surface area contributed by atoms with Crippen molar-refractivity contribution in [2.45, 2.75) is 19.1 Å². The molecule has 2 rings (SSSR count). The van der Waals surface area contributed by atoms with Crippen LogP contribution in [0.2, 0.25) is 0 Å². The van der Waals surface area contributed by atoms with Gasteiger partial charge < -0.3 is 15.0 Å². The van der Waals surface area contributed by atoms with Gasteiger partial charge in [0, 0.05) is 20.3 Å². The molecule has 0 aromatic carbocycles. The Labute approximate surface area is 104 Å². The quantitative estimate of drug-likeness (QED) is 0.744. The summed E-state index contributed by atoms with van der Waals surface area (Å²) in [6.45, 7) is 0.895. The second kappa shape index (κ2) is 5.03. The van der Waals surface area contributed by atoms with E-state index in [9.17, 15) is 9.59 Å². The van der Waals surface area contributed by atoms with E-state index in [1.54, 1.807) is 25.0 Å². The van der Waals surface area contributed by atoms with Crippen molar-refractivity contribution in [3.63, 3.8) is 0 Å². The number of likely N-dealkylation sites (N-methyl/N-ethyl adjacent to an activating group) is 1. The standard InChI is InChI=1S/C10H15N5O3/c1-14(2)9(16)3-7-5-15(13-12-7)6-8-4-11-10(17)18-8/h5,8H,3-4,6H2,1-2H3,(H,11,17). The van der Waals surface area contributed by atoms with Gasteiger partial charge in [-0.25, -0.2) is 9.48 Å². The normalized spacial score (nSPS) is 18.3. The largest absolute Gasteiger partial charge is 0.442 e. The first-order chi connectivity index (χ1) is 8.54. The molecule has 18 heavy (non-hydrogen) atoms. The van der Waals surface area contributed by atoms with Crippen LogP contribution in [0.5, 0.6) is 0 Å². The van der Waals surface area contributed by atoms with Crippen LogP contribution >= 0.6 is 0 Å². The van der Waals surface area contributed by atoms with Gasteiger partial charge >= 0.3 is 6.09 Å². The van der Waals surface area contributed by atoms with E-state index in [0.29, 0.717) is 18.8 Å². The van der Waals surface area contributed by atoms with Crippen molar-refractivity contribution < 1.29 is 14.3 Å². The average molecular weight is 253 g/mol. The Hall–Kier alpha value is -2.12. The molecule has 1 saturated heterocycles. The number of hydrogen-bond acceptors (Lipinski definition) is 5. The van der Waals surface area contributed by atoms with Gasteiger partial charge in [0.1, 0.15) is 6.10 Å². The number of rotatable bonds is 4. The van der Waals surface area contributed by atoms with E-state index in [1.807, 2.05) is 0 Å². The van der Waals surface area contributed by atoms with Gasteiger partial charge in [0.15, 0.2) is 0 Å². The molecule has 98 valence electrons. The molecule has 0 aliphatic carbocycles. The van der Waals surface area contributed by atoms with Crippen LogP contribution < -0.4 is 5.32 Å². The highest BCUT2D eigenvalue weighted by Gasteiger charge is 2.23. The predicted molar refractivity (Wildman–Crippen MR) is 60.7 cm³/mol. The van der Waals surface area contributed by atoms with E-state index >= 15 is 0 Å². The minimum atomic E-state index is -0.414. The Morgan fingerprint density at radius 3 is 3.06 bits per heavy atom. The summed E-state index contributed by atoms with van der Waals surface area (Å²) in [6.07, 6.45) is 1.25. The highest BCUT2D eigenvalue weighted by molar-refractivity contribution is 5.77. The van der Waals surface area contributed by atoms with Gasteiger partial charge in [-0.2, -0.15) is 0 Å². The van der Waals surface area contributed by atoms with Crippen LogP contribution in [0.15, 0.2) is 6.20 Å². The molecule has 1 unspecified atom stereocenters. The van der Waals surface area contributed by atoms with Crippen molar-refractivity contribution in [2.24, 2.45) is 0 Å². The summed E-state index contributed by atoms with van der Waals surface area (Å²) in [5.74, 6) is -0.0315. The SMILES string of the molecule is CN(C)C(=O)Cc1cn(CC2CNC(=O)O2)nn1. The fourth-order valence-electron chi connectivity index (χ4n) is 1.56. The fraction of sp³-hybridized carbons (Fsp3) is 0.600. The van der Waals surface area contributed by atoms with E-state index in [1.165, 1.54) is 4.90 Å². The van der Waals surface area contributed by atoms with E-state index in [0.717, 1.165) is 0 Å². The van der Waals surface area contributed by atoms with Crippen LogP contribution in [0.1, 0.15) is 5.69 Å². The van der Waals surface area contributed by atoms with Crippen molar-refractivity contribution in [1.29, 1.82) is 0 Å². The number of nitrogens with one attached hydrogen (secondary N) is 1. The second-order valence-corrected chi connectivity index (χ2v) is 4.31. The van der Waals surface area contributed by atoms with Crippen molar-refractivity contribution in [3.05, 3.63) is 11.9 Å². The van der Waals surface area contributed by atoms with Crippen molar-refractivity contribution in [2.75, 3.05) is 20.6 Å². The molecule has 1 aromatic heterocycles. The Bertz CT molecular complexity index is 456. The lowest BCUT2D eigenvalue weighted by Crippen LogP contribution is -2.23. The van der Waals surface area contributed by atoms with Gasteiger partial charge in [0.25, 0.3) is 0 Å². The minimum Gasteiger partial charge on any atom is -0.442 e. The number of amides is 2. The molecule has 2 amide bonds. The first-order valence-corrected chi connectivity index (χ1v) is 5.58. The molecule has 1 fully saturated rings. The van der Waals surface area contributed by atoms with Gasteiger partial charge in [-0.3, -0.25) is 4.79 Å². The summed E-state index contributed by atoms with van der Waals surface area (Å²) in [5, 5.41) is 10.4. The van der Waals surface area contributed by atoms with Crippen molar-refractivity contribution in [1.82, 2.24) is 25.2 Å². The number of carbonyl (C=O) groups excluding carboxylic acids is 2. The molecule has 0 bridgehead atoms. The van der Waals surface area contributed by atoms with Gasteiger partial charge in [0.2, 0.25) is 5.91 Å². The first-order valence-electron chi connectivity index (χ1n) is 5.58. The molecule has 8 nitrogen and oxygen atoms in total. The number of carbonyl (C=O) groups is 2. The predicted octanol–water partition coefficient (Wildman–Crippen LogP) is -0.983. The van der Waals surface area contributed by atoms with E-state index in [2.05, 4.69) is 15.6 Å². The molecule has 0 radical (unpaired) electrons. The van der Waals surface area contributed by atoms with Crippen LogP contribution in [0, 0.1) is 0 Å². The Morgan fingerprint density at radius 1 is 1.67 bits per heavy atom. The lowest BCUT2D eigenvalue weighted by Gasteiger charge is -2.08. The molecular weight excluding hydrogens is 238 g/mol. The first kappa shape index (κ1) is 12.3. The highest BCUT2D eigenvalue weighted by atomic mass is 16.6. The molecule has 1 atom stereocenters. The molecule has 2 heterocycles. The zero-order valence-electron chi connectivity index (χ0n) is 10.3. The van der Waals surface area contributed by atoms with Crippen LogP contribution in [0.4, 0.5) is 4.79 Å².